The van der Waals surface area contributed by atoms with Gasteiger partial charge in [0.25, 0.3) is 0 Å². The molecule has 2 aromatic heterocycles. The van der Waals surface area contributed by atoms with Crippen LogP contribution in [0.15, 0.2) is 69.7 Å². The van der Waals surface area contributed by atoms with Crippen LogP contribution in [0.3, 0.4) is 0 Å². The molecule has 144 valence electrons. The molecule has 1 aromatic carbocycles. The third-order valence-electron chi connectivity index (χ3n) is 4.24. The van der Waals surface area contributed by atoms with E-state index in [9.17, 15) is 13.2 Å². The van der Waals surface area contributed by atoms with Crippen molar-refractivity contribution < 1.29 is 17.6 Å². The quantitative estimate of drug-likeness (QED) is 0.688. The van der Waals surface area contributed by atoms with Crippen molar-refractivity contribution in [2.75, 3.05) is 11.0 Å². The Morgan fingerprint density at radius 3 is 2.61 bits per heavy atom. The summed E-state index contributed by atoms with van der Waals surface area (Å²) < 4.78 is 30.4. The van der Waals surface area contributed by atoms with Gasteiger partial charge < -0.3 is 4.42 Å². The van der Waals surface area contributed by atoms with Gasteiger partial charge in [-0.05, 0) is 41.3 Å². The number of rotatable bonds is 5. The summed E-state index contributed by atoms with van der Waals surface area (Å²) in [6, 6.07) is 13.9. The molecule has 1 amide bonds. The van der Waals surface area contributed by atoms with Gasteiger partial charge in [-0.1, -0.05) is 18.2 Å². The fourth-order valence-electron chi connectivity index (χ4n) is 3.03. The summed E-state index contributed by atoms with van der Waals surface area (Å²) in [7, 11) is -3.33. The number of nitrogens with zero attached hydrogens (tertiary/aromatic N) is 2. The Morgan fingerprint density at radius 1 is 1.21 bits per heavy atom. The van der Waals surface area contributed by atoms with Crippen LogP contribution in [-0.4, -0.2) is 31.3 Å². The maximum atomic E-state index is 12.9. The van der Waals surface area contributed by atoms with Crippen LogP contribution in [0.5, 0.6) is 0 Å². The van der Waals surface area contributed by atoms with Gasteiger partial charge in [0.1, 0.15) is 0 Å². The molecule has 3 heterocycles. The minimum absolute atomic E-state index is 0.207. The van der Waals surface area contributed by atoms with Crippen LogP contribution in [0.1, 0.15) is 33.5 Å². The Hall–Kier alpha value is -2.91. The van der Waals surface area contributed by atoms with E-state index in [-0.39, 0.29) is 17.7 Å². The van der Waals surface area contributed by atoms with E-state index in [2.05, 4.69) is 9.82 Å². The van der Waals surface area contributed by atoms with E-state index in [4.69, 9.17) is 4.42 Å². The summed E-state index contributed by atoms with van der Waals surface area (Å²) in [5, 5.41) is 7.99. The van der Waals surface area contributed by atoms with Gasteiger partial charge in [0, 0.05) is 17.0 Å². The molecule has 1 aliphatic heterocycles. The summed E-state index contributed by atoms with van der Waals surface area (Å²) in [6.07, 6.45) is 3.12. The standard InChI is InChI=1S/C19H17N3O4S2/c1-28(24,25)21-14-8-6-13(7-9-14)15-12-16(18-5-3-11-27-18)22(20-15)19(23)17-4-2-10-26-17/h2-11,16,21H,12H2,1H3. The van der Waals surface area contributed by atoms with Crippen LogP contribution >= 0.6 is 11.3 Å². The first-order valence-corrected chi connectivity index (χ1v) is 11.2. The molecule has 1 atom stereocenters. The third-order valence-corrected chi connectivity index (χ3v) is 5.82. The number of furan rings is 1. The molecule has 9 heteroatoms. The van der Waals surface area contributed by atoms with Crippen molar-refractivity contribution in [1.82, 2.24) is 5.01 Å². The van der Waals surface area contributed by atoms with Gasteiger partial charge in [-0.3, -0.25) is 9.52 Å². The molecule has 0 radical (unpaired) electrons. The number of carbonyl (C=O) groups is 1. The van der Waals surface area contributed by atoms with Crippen molar-refractivity contribution in [3.63, 3.8) is 0 Å². The lowest BCUT2D eigenvalue weighted by Crippen LogP contribution is -2.26. The molecule has 4 rings (SSSR count). The average molecular weight is 415 g/mol. The van der Waals surface area contributed by atoms with Crippen molar-refractivity contribution in [2.45, 2.75) is 12.5 Å². The first-order chi connectivity index (χ1) is 13.4. The lowest BCUT2D eigenvalue weighted by Gasteiger charge is -2.19. The van der Waals surface area contributed by atoms with E-state index in [1.165, 1.54) is 11.3 Å². The lowest BCUT2D eigenvalue weighted by atomic mass is 10.0. The Labute approximate surface area is 166 Å². The van der Waals surface area contributed by atoms with Crippen molar-refractivity contribution >= 4 is 38.7 Å². The maximum Gasteiger partial charge on any atom is 0.310 e. The largest absolute Gasteiger partial charge is 0.459 e. The topological polar surface area (TPSA) is 92.0 Å². The number of anilines is 1. The van der Waals surface area contributed by atoms with Crippen molar-refractivity contribution in [3.8, 4) is 0 Å². The van der Waals surface area contributed by atoms with Crippen LogP contribution in [0, 0.1) is 0 Å². The summed E-state index contributed by atoms with van der Waals surface area (Å²) in [5.41, 5.74) is 2.06. The van der Waals surface area contributed by atoms with E-state index < -0.39 is 10.0 Å². The first kappa shape index (κ1) is 18.5. The van der Waals surface area contributed by atoms with Crippen LogP contribution in [0.4, 0.5) is 5.69 Å². The predicted molar refractivity (Wildman–Crippen MR) is 108 cm³/mol. The second-order valence-corrected chi connectivity index (χ2v) is 9.09. The number of sulfonamides is 1. The van der Waals surface area contributed by atoms with E-state index >= 15 is 0 Å². The molecule has 7 nitrogen and oxygen atoms in total. The number of hydrazone groups is 1. The van der Waals surface area contributed by atoms with Crippen molar-refractivity contribution in [1.29, 1.82) is 0 Å². The fraction of sp³-hybridized carbons (Fsp3) is 0.158. The highest BCUT2D eigenvalue weighted by Crippen LogP contribution is 2.36. The minimum Gasteiger partial charge on any atom is -0.459 e. The van der Waals surface area contributed by atoms with Gasteiger partial charge in [-0.15, -0.1) is 11.3 Å². The molecule has 0 fully saturated rings. The van der Waals surface area contributed by atoms with Crippen LogP contribution in [0.2, 0.25) is 0 Å². The van der Waals surface area contributed by atoms with E-state index in [0.29, 0.717) is 12.1 Å². The monoisotopic (exact) mass is 415 g/mol. The molecule has 0 bridgehead atoms. The highest BCUT2D eigenvalue weighted by atomic mass is 32.2. The van der Waals surface area contributed by atoms with Gasteiger partial charge in [0.2, 0.25) is 10.0 Å². The number of carbonyl (C=O) groups excluding carboxylic acids is 1. The third kappa shape index (κ3) is 3.85. The normalized spacial score (nSPS) is 16.8. The zero-order valence-electron chi connectivity index (χ0n) is 14.9. The zero-order valence-corrected chi connectivity index (χ0v) is 16.5. The molecular weight excluding hydrogens is 398 g/mol. The molecule has 1 aliphatic rings. The molecular formula is C19H17N3O4S2. The van der Waals surface area contributed by atoms with Gasteiger partial charge in [-0.25, -0.2) is 13.4 Å². The fourth-order valence-corrected chi connectivity index (χ4v) is 4.41. The highest BCUT2D eigenvalue weighted by Gasteiger charge is 2.35. The molecule has 0 spiro atoms. The second-order valence-electron chi connectivity index (χ2n) is 6.36. The number of amides is 1. The summed E-state index contributed by atoms with van der Waals surface area (Å²) >= 11 is 1.57. The molecule has 0 saturated carbocycles. The van der Waals surface area contributed by atoms with Gasteiger partial charge in [-0.2, -0.15) is 5.10 Å². The van der Waals surface area contributed by atoms with Crippen molar-refractivity contribution in [3.05, 3.63) is 76.4 Å². The molecule has 28 heavy (non-hydrogen) atoms. The minimum atomic E-state index is -3.33. The van der Waals surface area contributed by atoms with Gasteiger partial charge in [0.05, 0.1) is 24.3 Å². The second kappa shape index (κ2) is 7.25. The number of thiophene rings is 1. The summed E-state index contributed by atoms with van der Waals surface area (Å²) in [6.45, 7) is 0. The predicted octanol–water partition coefficient (Wildman–Crippen LogP) is 3.70. The molecule has 1 unspecified atom stereocenters. The van der Waals surface area contributed by atoms with E-state index in [1.54, 1.807) is 47.7 Å². The zero-order chi connectivity index (χ0) is 19.7. The number of hydrogen-bond donors (Lipinski definition) is 1. The Kier molecular flexibility index (Phi) is 4.78. The lowest BCUT2D eigenvalue weighted by molar-refractivity contribution is 0.0681. The molecule has 1 N–H and O–H groups in total. The number of hydrogen-bond acceptors (Lipinski definition) is 6. The van der Waals surface area contributed by atoms with E-state index in [1.807, 2.05) is 17.5 Å². The number of benzene rings is 1. The summed E-state index contributed by atoms with van der Waals surface area (Å²) in [5.74, 6) is -0.0620. The Bertz CT molecular complexity index is 1100. The van der Waals surface area contributed by atoms with E-state index in [0.717, 1.165) is 22.4 Å². The van der Waals surface area contributed by atoms with Crippen molar-refractivity contribution in [2.24, 2.45) is 5.10 Å². The smallest absolute Gasteiger partial charge is 0.310 e. The molecule has 3 aromatic rings. The highest BCUT2D eigenvalue weighted by molar-refractivity contribution is 7.92. The van der Waals surface area contributed by atoms with Crippen LogP contribution in [-0.2, 0) is 10.0 Å². The van der Waals surface area contributed by atoms with Crippen LogP contribution in [0.25, 0.3) is 0 Å². The van der Waals surface area contributed by atoms with Gasteiger partial charge in [0.15, 0.2) is 5.76 Å². The molecule has 0 saturated heterocycles. The summed E-state index contributed by atoms with van der Waals surface area (Å²) in [4.78, 5) is 13.9. The van der Waals surface area contributed by atoms with Crippen LogP contribution < -0.4 is 4.72 Å². The molecule has 0 aliphatic carbocycles. The Balaban J connectivity index is 1.64. The maximum absolute atomic E-state index is 12.9. The Morgan fingerprint density at radius 2 is 2.00 bits per heavy atom. The van der Waals surface area contributed by atoms with Gasteiger partial charge >= 0.3 is 5.91 Å². The number of nitrogens with one attached hydrogen (secondary N) is 1. The first-order valence-electron chi connectivity index (χ1n) is 8.47. The SMILES string of the molecule is CS(=O)(=O)Nc1ccc(C2=NN(C(=O)c3ccco3)C(c3cccs3)C2)cc1. The average Bonchev–Trinajstić information content (AvgIpc) is 3.40.